The first-order valence-corrected chi connectivity index (χ1v) is 7.55. The minimum atomic E-state index is -0.334. The Bertz CT molecular complexity index is 441. The minimum Gasteiger partial charge on any atom is -0.366 e. The molecule has 3 N–H and O–H groups in total. The lowest BCUT2D eigenvalue weighted by Crippen LogP contribution is -2.46. The molecule has 110 valence electrons. The summed E-state index contributed by atoms with van der Waals surface area (Å²) in [4.78, 5) is 14.0. The van der Waals surface area contributed by atoms with E-state index in [0.29, 0.717) is 11.6 Å². The van der Waals surface area contributed by atoms with Crippen LogP contribution in [0.4, 0.5) is 0 Å². The Morgan fingerprint density at radius 2 is 2.25 bits per heavy atom. The molecular formula is C16H25N3O. The quantitative estimate of drug-likeness (QED) is 0.831. The van der Waals surface area contributed by atoms with Gasteiger partial charge in [0, 0.05) is 24.7 Å². The Hall–Kier alpha value is -1.39. The number of hydrogen-bond acceptors (Lipinski definition) is 3. The third kappa shape index (κ3) is 3.81. The number of piperidine rings is 1. The standard InChI is InChI=1S/C16H25N3O/c1-2-10-19(14-7-5-9-18-11-14)12-13-6-3-4-8-15(13)16(17)20/h3-4,6,8,14,18H,2,5,7,9-12H2,1H3,(H2,17,20). The summed E-state index contributed by atoms with van der Waals surface area (Å²) in [6.07, 6.45) is 3.57. The third-order valence-corrected chi connectivity index (χ3v) is 3.95. The number of primary amides is 1. The summed E-state index contributed by atoms with van der Waals surface area (Å²) >= 11 is 0. The van der Waals surface area contributed by atoms with E-state index in [1.54, 1.807) is 0 Å². The van der Waals surface area contributed by atoms with Gasteiger partial charge in [-0.25, -0.2) is 0 Å². The highest BCUT2D eigenvalue weighted by atomic mass is 16.1. The van der Waals surface area contributed by atoms with E-state index in [0.717, 1.165) is 38.2 Å². The summed E-state index contributed by atoms with van der Waals surface area (Å²) in [5, 5.41) is 3.46. The Labute approximate surface area is 121 Å². The zero-order valence-corrected chi connectivity index (χ0v) is 12.3. The van der Waals surface area contributed by atoms with Crippen molar-refractivity contribution in [3.63, 3.8) is 0 Å². The smallest absolute Gasteiger partial charge is 0.249 e. The van der Waals surface area contributed by atoms with E-state index < -0.39 is 0 Å². The lowest BCUT2D eigenvalue weighted by Gasteiger charge is -2.35. The molecule has 1 aliphatic heterocycles. The fraction of sp³-hybridized carbons (Fsp3) is 0.562. The second-order valence-corrected chi connectivity index (χ2v) is 5.49. The highest BCUT2D eigenvalue weighted by molar-refractivity contribution is 5.94. The van der Waals surface area contributed by atoms with Gasteiger partial charge in [-0.05, 0) is 44.0 Å². The van der Waals surface area contributed by atoms with Crippen molar-refractivity contribution >= 4 is 5.91 Å². The van der Waals surface area contributed by atoms with E-state index in [9.17, 15) is 4.79 Å². The predicted molar refractivity (Wildman–Crippen MR) is 81.6 cm³/mol. The van der Waals surface area contributed by atoms with Crippen molar-refractivity contribution in [2.75, 3.05) is 19.6 Å². The van der Waals surface area contributed by atoms with E-state index in [1.807, 2.05) is 24.3 Å². The molecule has 1 aromatic rings. The maximum absolute atomic E-state index is 11.5. The molecule has 1 fully saturated rings. The second-order valence-electron chi connectivity index (χ2n) is 5.49. The molecule has 0 saturated carbocycles. The largest absolute Gasteiger partial charge is 0.366 e. The average molecular weight is 275 g/mol. The second kappa shape index (κ2) is 7.41. The van der Waals surface area contributed by atoms with E-state index in [-0.39, 0.29) is 5.91 Å². The molecule has 1 atom stereocenters. The van der Waals surface area contributed by atoms with E-state index in [2.05, 4.69) is 17.1 Å². The molecule has 1 aromatic carbocycles. The maximum Gasteiger partial charge on any atom is 0.249 e. The van der Waals surface area contributed by atoms with Crippen molar-refractivity contribution in [3.8, 4) is 0 Å². The van der Waals surface area contributed by atoms with E-state index >= 15 is 0 Å². The monoisotopic (exact) mass is 275 g/mol. The molecule has 1 aliphatic rings. The SMILES string of the molecule is CCCN(Cc1ccccc1C(N)=O)C1CCCNC1. The summed E-state index contributed by atoms with van der Waals surface area (Å²) in [6, 6.07) is 8.24. The van der Waals surface area contributed by atoms with Crippen LogP contribution in [0, 0.1) is 0 Å². The minimum absolute atomic E-state index is 0.334. The number of nitrogens with one attached hydrogen (secondary N) is 1. The molecule has 4 nitrogen and oxygen atoms in total. The molecule has 20 heavy (non-hydrogen) atoms. The first-order valence-electron chi connectivity index (χ1n) is 7.55. The highest BCUT2D eigenvalue weighted by Crippen LogP contribution is 2.17. The van der Waals surface area contributed by atoms with Crippen molar-refractivity contribution in [1.82, 2.24) is 10.2 Å². The average Bonchev–Trinajstić information content (AvgIpc) is 2.48. The summed E-state index contributed by atoms with van der Waals surface area (Å²) in [5.41, 5.74) is 7.16. The number of carbonyl (C=O) groups is 1. The zero-order valence-electron chi connectivity index (χ0n) is 12.3. The number of benzene rings is 1. The molecule has 1 amide bonds. The molecule has 1 unspecified atom stereocenters. The van der Waals surface area contributed by atoms with Crippen LogP contribution < -0.4 is 11.1 Å². The van der Waals surface area contributed by atoms with Gasteiger partial charge in [0.15, 0.2) is 0 Å². The van der Waals surface area contributed by atoms with E-state index in [4.69, 9.17) is 5.73 Å². The molecule has 0 aliphatic carbocycles. The van der Waals surface area contributed by atoms with Gasteiger partial charge in [0.05, 0.1) is 0 Å². The molecule has 0 radical (unpaired) electrons. The van der Waals surface area contributed by atoms with Crippen LogP contribution in [0.5, 0.6) is 0 Å². The zero-order chi connectivity index (χ0) is 14.4. The van der Waals surface area contributed by atoms with Crippen LogP contribution in [-0.4, -0.2) is 36.5 Å². The summed E-state index contributed by atoms with van der Waals surface area (Å²) in [7, 11) is 0. The van der Waals surface area contributed by atoms with Gasteiger partial charge < -0.3 is 11.1 Å². The van der Waals surface area contributed by atoms with Crippen LogP contribution in [0.3, 0.4) is 0 Å². The lowest BCUT2D eigenvalue weighted by molar-refractivity contribution is 0.0996. The van der Waals surface area contributed by atoms with Crippen LogP contribution >= 0.6 is 0 Å². The number of nitrogens with two attached hydrogens (primary N) is 1. The number of hydrogen-bond donors (Lipinski definition) is 2. The Balaban J connectivity index is 2.13. The van der Waals surface area contributed by atoms with Crippen molar-refractivity contribution in [2.45, 2.75) is 38.8 Å². The topological polar surface area (TPSA) is 58.4 Å². The molecule has 4 heteroatoms. The van der Waals surface area contributed by atoms with Gasteiger partial charge in [-0.1, -0.05) is 25.1 Å². The van der Waals surface area contributed by atoms with Gasteiger partial charge in [-0.3, -0.25) is 9.69 Å². The Morgan fingerprint density at radius 3 is 2.90 bits per heavy atom. The lowest BCUT2D eigenvalue weighted by atomic mass is 10.0. The summed E-state index contributed by atoms with van der Waals surface area (Å²) in [5.74, 6) is -0.334. The molecule has 0 spiro atoms. The van der Waals surface area contributed by atoms with Crippen molar-refractivity contribution < 1.29 is 4.79 Å². The van der Waals surface area contributed by atoms with Gasteiger partial charge in [0.2, 0.25) is 5.91 Å². The molecular weight excluding hydrogens is 250 g/mol. The fourth-order valence-electron chi connectivity index (χ4n) is 2.94. The number of amides is 1. The molecule has 0 aromatic heterocycles. The van der Waals surface area contributed by atoms with Crippen LogP contribution in [0.25, 0.3) is 0 Å². The Kier molecular flexibility index (Phi) is 5.56. The normalized spacial score (nSPS) is 19.2. The highest BCUT2D eigenvalue weighted by Gasteiger charge is 2.21. The number of rotatable bonds is 6. The van der Waals surface area contributed by atoms with Gasteiger partial charge >= 0.3 is 0 Å². The van der Waals surface area contributed by atoms with Crippen molar-refractivity contribution in [1.29, 1.82) is 0 Å². The molecule has 1 heterocycles. The third-order valence-electron chi connectivity index (χ3n) is 3.95. The van der Waals surface area contributed by atoms with Crippen LogP contribution in [0.15, 0.2) is 24.3 Å². The van der Waals surface area contributed by atoms with Crippen molar-refractivity contribution in [3.05, 3.63) is 35.4 Å². The molecule has 2 rings (SSSR count). The summed E-state index contributed by atoms with van der Waals surface area (Å²) in [6.45, 7) is 6.22. The van der Waals surface area contributed by atoms with Crippen molar-refractivity contribution in [2.24, 2.45) is 5.73 Å². The predicted octanol–water partition coefficient (Wildman–Crippen LogP) is 1.75. The van der Waals surface area contributed by atoms with Gasteiger partial charge in [-0.15, -0.1) is 0 Å². The van der Waals surface area contributed by atoms with Crippen LogP contribution in [0.2, 0.25) is 0 Å². The maximum atomic E-state index is 11.5. The molecule has 1 saturated heterocycles. The van der Waals surface area contributed by atoms with Gasteiger partial charge in [-0.2, -0.15) is 0 Å². The Morgan fingerprint density at radius 1 is 1.45 bits per heavy atom. The fourth-order valence-corrected chi connectivity index (χ4v) is 2.94. The van der Waals surface area contributed by atoms with Gasteiger partial charge in [0.1, 0.15) is 0 Å². The number of nitrogens with zero attached hydrogens (tertiary/aromatic N) is 1. The summed E-state index contributed by atoms with van der Waals surface area (Å²) < 4.78 is 0. The molecule has 0 bridgehead atoms. The van der Waals surface area contributed by atoms with E-state index in [1.165, 1.54) is 12.8 Å². The first kappa shape index (κ1) is 15.0. The van der Waals surface area contributed by atoms with Crippen LogP contribution in [-0.2, 0) is 6.54 Å². The first-order chi connectivity index (χ1) is 9.72. The van der Waals surface area contributed by atoms with Gasteiger partial charge in [0.25, 0.3) is 0 Å². The van der Waals surface area contributed by atoms with Crippen LogP contribution in [0.1, 0.15) is 42.1 Å². The number of carbonyl (C=O) groups excluding carboxylic acids is 1.